The predicted molar refractivity (Wildman–Crippen MR) is 133 cm³/mol. The van der Waals surface area contributed by atoms with Crippen molar-refractivity contribution in [3.05, 3.63) is 66.0 Å². The van der Waals surface area contributed by atoms with E-state index in [1.54, 1.807) is 0 Å². The smallest absolute Gasteiger partial charge is 0.259 e. The van der Waals surface area contributed by atoms with Gasteiger partial charge in [0.2, 0.25) is 0 Å². The second-order valence-corrected chi connectivity index (χ2v) is 8.89. The van der Waals surface area contributed by atoms with E-state index in [4.69, 9.17) is 0 Å². The molecule has 3 heterocycles. The normalized spacial score (nSPS) is 14.2. The Balaban J connectivity index is 1.82. The van der Waals surface area contributed by atoms with Gasteiger partial charge in [0.25, 0.3) is 11.8 Å². The molecule has 2 amide bonds. The van der Waals surface area contributed by atoms with Gasteiger partial charge >= 0.3 is 0 Å². The van der Waals surface area contributed by atoms with Crippen molar-refractivity contribution in [3.63, 3.8) is 0 Å². The zero-order valence-electron chi connectivity index (χ0n) is 19.3. The highest BCUT2D eigenvalue weighted by molar-refractivity contribution is 6.51. The number of benzene rings is 2. The monoisotopic (exact) mass is 441 g/mol. The van der Waals surface area contributed by atoms with E-state index < -0.39 is 0 Å². The second-order valence-electron chi connectivity index (χ2n) is 8.89. The number of anilines is 1. The van der Waals surface area contributed by atoms with Gasteiger partial charge in [-0.1, -0.05) is 24.3 Å². The van der Waals surface area contributed by atoms with Crippen molar-refractivity contribution < 1.29 is 9.59 Å². The summed E-state index contributed by atoms with van der Waals surface area (Å²) in [7, 11) is 8.06. The minimum Gasteiger partial charge on any atom is -0.377 e. The highest BCUT2D eigenvalue weighted by atomic mass is 16.2. The van der Waals surface area contributed by atoms with Gasteiger partial charge in [-0.2, -0.15) is 0 Å². The third kappa shape index (κ3) is 3.41. The van der Waals surface area contributed by atoms with Gasteiger partial charge in [-0.25, -0.2) is 0 Å². The molecule has 2 aromatic heterocycles. The van der Waals surface area contributed by atoms with E-state index in [1.165, 1.54) is 0 Å². The first kappa shape index (κ1) is 21.0. The fourth-order valence-electron chi connectivity index (χ4n) is 4.64. The molecule has 0 atom stereocenters. The van der Waals surface area contributed by atoms with Crippen molar-refractivity contribution in [1.29, 1.82) is 0 Å². The number of imide groups is 1. The van der Waals surface area contributed by atoms with Crippen LogP contribution in [0.4, 0.5) is 5.69 Å². The molecule has 4 aromatic rings. The maximum Gasteiger partial charge on any atom is 0.259 e. The first-order chi connectivity index (χ1) is 15.9. The SMILES string of the molecule is CN(C)CCn1cc(C2=C(c3c[nH]c4ccccc34)C(=O)NC2=O)c2c(N(C)C)cccc21. The summed E-state index contributed by atoms with van der Waals surface area (Å²) < 4.78 is 2.17. The quantitative estimate of drug-likeness (QED) is 0.450. The zero-order valence-corrected chi connectivity index (χ0v) is 19.3. The van der Waals surface area contributed by atoms with Crippen LogP contribution < -0.4 is 10.2 Å². The first-order valence-electron chi connectivity index (χ1n) is 11.0. The number of fused-ring (bicyclic) bond motifs is 2. The van der Waals surface area contributed by atoms with Crippen LogP contribution in [0, 0.1) is 0 Å². The summed E-state index contributed by atoms with van der Waals surface area (Å²) in [4.78, 5) is 33.7. The molecule has 33 heavy (non-hydrogen) atoms. The number of hydrogen-bond donors (Lipinski definition) is 2. The number of aromatic amines is 1. The molecule has 7 nitrogen and oxygen atoms in total. The minimum atomic E-state index is -0.365. The largest absolute Gasteiger partial charge is 0.377 e. The van der Waals surface area contributed by atoms with Crippen LogP contribution in [0.25, 0.3) is 33.0 Å². The van der Waals surface area contributed by atoms with Gasteiger partial charge in [-0.05, 0) is 32.3 Å². The lowest BCUT2D eigenvalue weighted by molar-refractivity contribution is -0.122. The molecule has 1 aliphatic heterocycles. The molecule has 0 fully saturated rings. The molecule has 0 saturated carbocycles. The summed E-state index contributed by atoms with van der Waals surface area (Å²) in [6.07, 6.45) is 3.83. The number of nitrogens with zero attached hydrogens (tertiary/aromatic N) is 3. The van der Waals surface area contributed by atoms with Gasteiger partial charge in [0.1, 0.15) is 0 Å². The summed E-state index contributed by atoms with van der Waals surface area (Å²) in [5, 5.41) is 4.43. The highest BCUT2D eigenvalue weighted by Gasteiger charge is 2.35. The molecule has 1 aliphatic rings. The summed E-state index contributed by atoms with van der Waals surface area (Å²) in [6.45, 7) is 1.63. The number of nitrogens with one attached hydrogen (secondary N) is 2. The molecule has 0 unspecified atom stereocenters. The summed E-state index contributed by atoms with van der Waals surface area (Å²) in [5.74, 6) is -0.725. The Labute approximate surface area is 192 Å². The van der Waals surface area contributed by atoms with Crippen molar-refractivity contribution in [1.82, 2.24) is 19.8 Å². The predicted octanol–water partition coefficient (Wildman–Crippen LogP) is 3.32. The molecule has 0 spiro atoms. The van der Waals surface area contributed by atoms with Gasteiger partial charge in [0.15, 0.2) is 0 Å². The number of amides is 2. The third-order valence-corrected chi connectivity index (χ3v) is 6.21. The Kier molecular flexibility index (Phi) is 5.06. The van der Waals surface area contributed by atoms with Crippen LogP contribution in [0.5, 0.6) is 0 Å². The molecule has 0 bridgehead atoms. The third-order valence-electron chi connectivity index (χ3n) is 6.21. The van der Waals surface area contributed by atoms with Gasteiger partial charge < -0.3 is 19.4 Å². The van der Waals surface area contributed by atoms with Gasteiger partial charge in [-0.15, -0.1) is 0 Å². The number of carbonyl (C=O) groups is 2. The van der Waals surface area contributed by atoms with Crippen LogP contribution in [-0.4, -0.2) is 61.0 Å². The lowest BCUT2D eigenvalue weighted by atomic mass is 9.95. The van der Waals surface area contributed by atoms with E-state index >= 15 is 0 Å². The summed E-state index contributed by atoms with van der Waals surface area (Å²) in [5.41, 5.74) is 5.32. The van der Waals surface area contributed by atoms with Gasteiger partial charge in [0.05, 0.1) is 16.7 Å². The molecule has 2 N–H and O–H groups in total. The van der Waals surface area contributed by atoms with E-state index in [9.17, 15) is 9.59 Å². The zero-order chi connectivity index (χ0) is 23.3. The first-order valence-corrected chi connectivity index (χ1v) is 11.0. The van der Waals surface area contributed by atoms with E-state index in [-0.39, 0.29) is 11.8 Å². The topological polar surface area (TPSA) is 73.4 Å². The van der Waals surface area contributed by atoms with Gasteiger partial charge in [-0.3, -0.25) is 14.9 Å². The lowest BCUT2D eigenvalue weighted by Crippen LogP contribution is -2.22. The lowest BCUT2D eigenvalue weighted by Gasteiger charge is -2.16. The van der Waals surface area contributed by atoms with Crippen molar-refractivity contribution >= 4 is 50.5 Å². The van der Waals surface area contributed by atoms with Crippen molar-refractivity contribution in [2.45, 2.75) is 6.54 Å². The van der Waals surface area contributed by atoms with Crippen molar-refractivity contribution in [2.24, 2.45) is 0 Å². The molecule has 5 rings (SSSR count). The highest BCUT2D eigenvalue weighted by Crippen LogP contribution is 2.41. The second kappa shape index (κ2) is 7.94. The van der Waals surface area contributed by atoms with Crippen molar-refractivity contribution in [2.75, 3.05) is 39.6 Å². The maximum atomic E-state index is 13.2. The number of hydrogen-bond acceptors (Lipinski definition) is 4. The van der Waals surface area contributed by atoms with Crippen LogP contribution in [0.2, 0.25) is 0 Å². The van der Waals surface area contributed by atoms with Crippen molar-refractivity contribution in [3.8, 4) is 0 Å². The molecule has 0 radical (unpaired) electrons. The fourth-order valence-corrected chi connectivity index (χ4v) is 4.64. The molecule has 2 aromatic carbocycles. The minimum absolute atomic E-state index is 0.361. The molecular formula is C26H27N5O2. The Morgan fingerprint density at radius 2 is 1.61 bits per heavy atom. The Bertz CT molecular complexity index is 1440. The molecule has 7 heteroatoms. The number of rotatable bonds is 6. The Morgan fingerprint density at radius 3 is 2.33 bits per heavy atom. The summed E-state index contributed by atoms with van der Waals surface area (Å²) in [6, 6.07) is 14.0. The van der Waals surface area contributed by atoms with E-state index in [0.29, 0.717) is 11.1 Å². The molecular weight excluding hydrogens is 414 g/mol. The number of aromatic nitrogens is 2. The molecule has 0 aliphatic carbocycles. The van der Waals surface area contributed by atoms with Crippen LogP contribution in [0.15, 0.2) is 54.9 Å². The standard InChI is InChI=1S/C26H27N5O2/c1-29(2)12-13-31-15-18(22-20(30(3)4)10-7-11-21(22)31)24-23(25(32)28-26(24)33)17-14-27-19-9-6-5-8-16(17)19/h5-11,14-15,27H,12-13H2,1-4H3,(H,28,32,33). The van der Waals surface area contributed by atoms with Crippen LogP contribution >= 0.6 is 0 Å². The van der Waals surface area contributed by atoms with Crippen LogP contribution in [0.3, 0.4) is 0 Å². The molecule has 0 saturated heterocycles. The summed E-state index contributed by atoms with van der Waals surface area (Å²) >= 11 is 0. The number of likely N-dealkylation sites (N-methyl/N-ethyl adjacent to an activating group) is 1. The average Bonchev–Trinajstić information content (AvgIpc) is 3.44. The van der Waals surface area contributed by atoms with E-state index in [0.717, 1.165) is 51.7 Å². The van der Waals surface area contributed by atoms with Crippen LogP contribution in [-0.2, 0) is 16.1 Å². The Hall–Kier alpha value is -3.84. The number of carbonyl (C=O) groups excluding carboxylic acids is 2. The Morgan fingerprint density at radius 1 is 0.879 bits per heavy atom. The average molecular weight is 442 g/mol. The van der Waals surface area contributed by atoms with E-state index in [2.05, 4.69) is 25.8 Å². The number of H-pyrrole nitrogens is 1. The van der Waals surface area contributed by atoms with E-state index in [1.807, 2.05) is 81.9 Å². The van der Waals surface area contributed by atoms with Gasteiger partial charge in [0, 0.05) is 72.7 Å². The fraction of sp³-hybridized carbons (Fsp3) is 0.231. The molecule has 168 valence electrons. The van der Waals surface area contributed by atoms with Crippen LogP contribution in [0.1, 0.15) is 11.1 Å². The number of para-hydroxylation sites is 1. The maximum absolute atomic E-state index is 13.2.